The maximum Gasteiger partial charge on any atom is 0.280 e. The van der Waals surface area contributed by atoms with Crippen molar-refractivity contribution in [3.8, 4) is 0 Å². The van der Waals surface area contributed by atoms with E-state index in [1.165, 1.54) is 0 Å². The molecule has 5 rings (SSSR count). The lowest BCUT2D eigenvalue weighted by atomic mass is 10.2. The van der Waals surface area contributed by atoms with Gasteiger partial charge in [0.05, 0.1) is 16.6 Å². The maximum absolute atomic E-state index is 12.7. The molecule has 4 aromatic rings. The van der Waals surface area contributed by atoms with Gasteiger partial charge in [0.15, 0.2) is 0 Å². The lowest BCUT2D eigenvalue weighted by Gasteiger charge is -2.07. The first kappa shape index (κ1) is 17.2. The van der Waals surface area contributed by atoms with Crippen molar-refractivity contribution in [1.82, 2.24) is 19.5 Å². The molecule has 3 heterocycles. The van der Waals surface area contributed by atoms with Crippen LogP contribution in [0, 0.1) is 6.92 Å². The fourth-order valence-electron chi connectivity index (χ4n) is 3.38. The van der Waals surface area contributed by atoms with Gasteiger partial charge in [-0.2, -0.15) is 4.99 Å². The maximum atomic E-state index is 12.7. The molecule has 0 saturated heterocycles. The summed E-state index contributed by atoms with van der Waals surface area (Å²) in [6.45, 7) is 3.42. The Morgan fingerprint density at radius 1 is 1.15 bits per heavy atom. The number of nitrogens with one attached hydrogen (secondary N) is 2. The summed E-state index contributed by atoms with van der Waals surface area (Å²) < 4.78 is 1.96. The number of amides is 1. The quantitative estimate of drug-likeness (QED) is 0.531. The summed E-state index contributed by atoms with van der Waals surface area (Å²) in [5.41, 5.74) is 3.42. The number of imidazole rings is 1. The molecule has 0 spiro atoms. The van der Waals surface area contributed by atoms with Gasteiger partial charge in [0, 0.05) is 24.0 Å². The van der Waals surface area contributed by atoms with E-state index in [0.29, 0.717) is 11.2 Å². The zero-order valence-electron chi connectivity index (χ0n) is 14.6. The molecule has 27 heavy (non-hydrogen) atoms. The molecule has 0 aliphatic carbocycles. The summed E-state index contributed by atoms with van der Waals surface area (Å²) in [4.78, 5) is 29.1. The van der Waals surface area contributed by atoms with Crippen LogP contribution in [-0.2, 0) is 6.54 Å². The summed E-state index contributed by atoms with van der Waals surface area (Å²) in [6, 6.07) is 13.2. The highest BCUT2D eigenvalue weighted by atomic mass is 35.5. The van der Waals surface area contributed by atoms with E-state index in [0.717, 1.165) is 46.7 Å². The van der Waals surface area contributed by atoms with Crippen LogP contribution in [0.2, 0.25) is 0 Å². The van der Waals surface area contributed by atoms with E-state index in [2.05, 4.69) is 25.3 Å². The smallest absolute Gasteiger partial charge is 0.280 e. The number of para-hydroxylation sites is 1. The highest BCUT2D eigenvalue weighted by Gasteiger charge is 2.16. The monoisotopic (exact) mass is 380 g/mol. The molecule has 2 aromatic carbocycles. The number of aryl methyl sites for hydroxylation is 1. The van der Waals surface area contributed by atoms with Gasteiger partial charge in [-0.3, -0.25) is 9.36 Å². The van der Waals surface area contributed by atoms with Crippen LogP contribution in [0.15, 0.2) is 47.5 Å². The van der Waals surface area contributed by atoms with E-state index in [9.17, 15) is 4.79 Å². The standard InChI is InChI=1S/C19H16N6O.ClH/c1-11-21-15-7-6-12(10-16(15)22-11)18(26)24-19-23-14-5-3-2-4-13(14)17-20-8-9-25(17)19;/h2-7,10,20H,8-9H2,1H3,(H,21,22);1H. The number of aromatic amines is 1. The number of hydrogen-bond donors (Lipinski definition) is 2. The number of H-pyrrole nitrogens is 1. The lowest BCUT2D eigenvalue weighted by Crippen LogP contribution is -2.24. The number of anilines is 1. The van der Waals surface area contributed by atoms with E-state index in [1.807, 2.05) is 41.8 Å². The number of hydrogen-bond acceptors (Lipinski definition) is 4. The average molecular weight is 381 g/mol. The fraction of sp³-hybridized carbons (Fsp3) is 0.158. The Bertz CT molecular complexity index is 1260. The molecule has 0 bridgehead atoms. The molecule has 8 heteroatoms. The molecule has 0 atom stereocenters. The predicted octanol–water partition coefficient (Wildman–Crippen LogP) is 2.81. The molecule has 2 aromatic heterocycles. The molecular weight excluding hydrogens is 364 g/mol. The van der Waals surface area contributed by atoms with Crippen LogP contribution in [-0.4, -0.2) is 32.0 Å². The van der Waals surface area contributed by atoms with E-state index in [4.69, 9.17) is 0 Å². The van der Waals surface area contributed by atoms with Crippen molar-refractivity contribution in [1.29, 1.82) is 0 Å². The second-order valence-electron chi connectivity index (χ2n) is 6.33. The lowest BCUT2D eigenvalue weighted by molar-refractivity contribution is 0.0996. The minimum atomic E-state index is -0.316. The van der Waals surface area contributed by atoms with Gasteiger partial charge in [0.25, 0.3) is 5.91 Å². The van der Waals surface area contributed by atoms with Crippen molar-refractivity contribution in [3.05, 3.63) is 59.5 Å². The van der Waals surface area contributed by atoms with Crippen molar-refractivity contribution in [2.45, 2.75) is 13.5 Å². The minimum absolute atomic E-state index is 0. The van der Waals surface area contributed by atoms with Gasteiger partial charge >= 0.3 is 0 Å². The third-order valence-corrected chi connectivity index (χ3v) is 4.57. The van der Waals surface area contributed by atoms with Gasteiger partial charge in [-0.05, 0) is 37.3 Å². The third-order valence-electron chi connectivity index (χ3n) is 4.57. The normalized spacial score (nSPS) is 13.4. The van der Waals surface area contributed by atoms with E-state index in [-0.39, 0.29) is 18.3 Å². The first-order chi connectivity index (χ1) is 12.7. The number of nitrogens with zero attached hydrogens (tertiary/aromatic N) is 4. The number of rotatable bonds is 1. The molecule has 0 fully saturated rings. The summed E-state index contributed by atoms with van der Waals surface area (Å²) >= 11 is 0. The largest absolute Gasteiger partial charge is 0.369 e. The number of halogens is 1. The Labute approximate surface area is 160 Å². The molecule has 2 N–H and O–H groups in total. The predicted molar refractivity (Wildman–Crippen MR) is 106 cm³/mol. The van der Waals surface area contributed by atoms with Crippen LogP contribution in [0.5, 0.6) is 0 Å². The van der Waals surface area contributed by atoms with E-state index in [1.54, 1.807) is 12.1 Å². The Hall–Kier alpha value is -3.19. The van der Waals surface area contributed by atoms with Crippen molar-refractivity contribution >= 4 is 46.1 Å². The van der Waals surface area contributed by atoms with Crippen molar-refractivity contribution < 1.29 is 4.79 Å². The van der Waals surface area contributed by atoms with Gasteiger partial charge < -0.3 is 10.3 Å². The number of benzene rings is 2. The fourth-order valence-corrected chi connectivity index (χ4v) is 3.38. The molecule has 0 saturated carbocycles. The third kappa shape index (κ3) is 2.86. The van der Waals surface area contributed by atoms with Crippen LogP contribution in [0.1, 0.15) is 16.2 Å². The van der Waals surface area contributed by atoms with Gasteiger partial charge in [-0.25, -0.2) is 9.97 Å². The Kier molecular flexibility index (Phi) is 4.16. The van der Waals surface area contributed by atoms with Gasteiger partial charge in [0.2, 0.25) is 5.62 Å². The first-order valence-electron chi connectivity index (χ1n) is 8.48. The van der Waals surface area contributed by atoms with Crippen LogP contribution >= 0.6 is 12.4 Å². The summed E-state index contributed by atoms with van der Waals surface area (Å²) in [6.07, 6.45) is 0. The molecule has 1 aliphatic heterocycles. The summed E-state index contributed by atoms with van der Waals surface area (Å²) in [7, 11) is 0. The number of carbonyl (C=O) groups excluding carboxylic acids is 1. The SMILES string of the molecule is Cc1nc2ccc(C(=O)N=c3nc4ccccc4c4n3CCN4)cc2[nH]1.Cl. The topological polar surface area (TPSA) is 88.0 Å². The van der Waals surface area contributed by atoms with Crippen LogP contribution in [0.25, 0.3) is 21.9 Å². The van der Waals surface area contributed by atoms with Crippen molar-refractivity contribution in [2.24, 2.45) is 4.99 Å². The van der Waals surface area contributed by atoms with E-state index >= 15 is 0 Å². The van der Waals surface area contributed by atoms with Crippen LogP contribution in [0.3, 0.4) is 0 Å². The van der Waals surface area contributed by atoms with E-state index < -0.39 is 0 Å². The Balaban J connectivity index is 0.00000180. The second kappa shape index (κ2) is 6.51. The van der Waals surface area contributed by atoms with Crippen molar-refractivity contribution in [2.75, 3.05) is 11.9 Å². The highest BCUT2D eigenvalue weighted by Crippen LogP contribution is 2.22. The van der Waals surface area contributed by atoms with Crippen LogP contribution < -0.4 is 10.9 Å². The Morgan fingerprint density at radius 3 is 2.89 bits per heavy atom. The number of carbonyl (C=O) groups is 1. The average Bonchev–Trinajstić information content (AvgIpc) is 3.27. The number of fused-ring (bicyclic) bond motifs is 4. The number of aromatic nitrogens is 4. The zero-order chi connectivity index (χ0) is 17.7. The second-order valence-corrected chi connectivity index (χ2v) is 6.33. The first-order valence-corrected chi connectivity index (χ1v) is 8.48. The van der Waals surface area contributed by atoms with Gasteiger partial charge in [0.1, 0.15) is 11.6 Å². The Morgan fingerprint density at radius 2 is 2.00 bits per heavy atom. The summed E-state index contributed by atoms with van der Waals surface area (Å²) in [5, 5.41) is 4.39. The molecule has 7 nitrogen and oxygen atoms in total. The minimum Gasteiger partial charge on any atom is -0.369 e. The van der Waals surface area contributed by atoms with Gasteiger partial charge in [-0.1, -0.05) is 12.1 Å². The molecule has 0 radical (unpaired) electrons. The summed E-state index contributed by atoms with van der Waals surface area (Å²) in [5.74, 6) is 1.46. The molecular formula is C19H17ClN6O. The van der Waals surface area contributed by atoms with Gasteiger partial charge in [-0.15, -0.1) is 12.4 Å². The van der Waals surface area contributed by atoms with Crippen LogP contribution in [0.4, 0.5) is 5.82 Å². The highest BCUT2D eigenvalue weighted by molar-refractivity contribution is 5.98. The molecule has 0 unspecified atom stereocenters. The molecule has 1 amide bonds. The molecule has 1 aliphatic rings. The van der Waals surface area contributed by atoms with Crippen molar-refractivity contribution in [3.63, 3.8) is 0 Å². The zero-order valence-corrected chi connectivity index (χ0v) is 15.4. The molecule has 136 valence electrons.